The fourth-order valence-corrected chi connectivity index (χ4v) is 2.89. The van der Waals surface area contributed by atoms with Crippen LogP contribution >= 0.6 is 0 Å². The highest BCUT2D eigenvalue weighted by Gasteiger charge is 2.16. The van der Waals surface area contributed by atoms with E-state index in [4.69, 9.17) is 4.74 Å². The lowest BCUT2D eigenvalue weighted by atomic mass is 9.94. The van der Waals surface area contributed by atoms with Gasteiger partial charge in [-0.25, -0.2) is 0 Å². The number of fused-ring (bicyclic) bond motifs is 1. The molecule has 1 N–H and O–H groups in total. The number of aryl methyl sites for hydroxylation is 2. The van der Waals surface area contributed by atoms with Crippen molar-refractivity contribution in [2.75, 3.05) is 12.4 Å². The molecule has 20 heavy (non-hydrogen) atoms. The summed E-state index contributed by atoms with van der Waals surface area (Å²) in [6.45, 7) is 0. The highest BCUT2D eigenvalue weighted by Crippen LogP contribution is 2.26. The second kappa shape index (κ2) is 6.00. The highest BCUT2D eigenvalue weighted by molar-refractivity contribution is 5.53. The third-order valence-electron chi connectivity index (χ3n) is 4.05. The molecule has 1 heterocycles. The Morgan fingerprint density at radius 2 is 2.05 bits per heavy atom. The zero-order chi connectivity index (χ0) is 13.8. The van der Waals surface area contributed by atoms with Gasteiger partial charge in [0.05, 0.1) is 7.11 Å². The molecule has 0 amide bonds. The average Bonchev–Trinajstić information content (AvgIpc) is 2.53. The Balaban J connectivity index is 1.60. The largest absolute Gasteiger partial charge is 0.497 e. The molecule has 0 unspecified atom stereocenters. The molecular weight excluding hydrogens is 246 g/mol. The fraction of sp³-hybridized carbons (Fsp3) is 0.333. The standard InChI is InChI=1S/C18H21NO/c1-20-17-7-4-5-14(13-17)9-11-16-12-10-15-6-2-3-8-18(15)19-16/h2-8,13,16,19H,9-12H2,1H3/t16-/m1/s1. The first-order valence-corrected chi connectivity index (χ1v) is 7.32. The first kappa shape index (κ1) is 13.0. The molecule has 0 spiro atoms. The molecule has 1 aliphatic rings. The summed E-state index contributed by atoms with van der Waals surface area (Å²) in [5.41, 5.74) is 4.12. The molecule has 0 aromatic heterocycles. The van der Waals surface area contributed by atoms with Gasteiger partial charge in [0.25, 0.3) is 0 Å². The van der Waals surface area contributed by atoms with E-state index in [1.807, 2.05) is 6.07 Å². The van der Waals surface area contributed by atoms with Crippen LogP contribution in [0.25, 0.3) is 0 Å². The lowest BCUT2D eigenvalue weighted by molar-refractivity contribution is 0.414. The molecular formula is C18H21NO. The zero-order valence-corrected chi connectivity index (χ0v) is 11.9. The van der Waals surface area contributed by atoms with E-state index in [0.29, 0.717) is 6.04 Å². The number of methoxy groups -OCH3 is 1. The number of hydrogen-bond acceptors (Lipinski definition) is 2. The molecule has 2 heteroatoms. The van der Waals surface area contributed by atoms with Crippen molar-refractivity contribution in [3.63, 3.8) is 0 Å². The van der Waals surface area contributed by atoms with Crippen LogP contribution in [0.2, 0.25) is 0 Å². The van der Waals surface area contributed by atoms with Gasteiger partial charge in [0, 0.05) is 11.7 Å². The Labute approximate surface area is 120 Å². The van der Waals surface area contributed by atoms with Crippen molar-refractivity contribution < 1.29 is 4.74 Å². The van der Waals surface area contributed by atoms with Crippen molar-refractivity contribution in [2.24, 2.45) is 0 Å². The predicted molar refractivity (Wildman–Crippen MR) is 83.5 cm³/mol. The van der Waals surface area contributed by atoms with Crippen LogP contribution < -0.4 is 10.1 Å². The van der Waals surface area contributed by atoms with Crippen molar-refractivity contribution in [2.45, 2.75) is 31.7 Å². The van der Waals surface area contributed by atoms with E-state index in [1.54, 1.807) is 7.11 Å². The molecule has 2 aromatic rings. The van der Waals surface area contributed by atoms with Crippen molar-refractivity contribution in [3.05, 3.63) is 59.7 Å². The van der Waals surface area contributed by atoms with Gasteiger partial charge in [-0.15, -0.1) is 0 Å². The van der Waals surface area contributed by atoms with Crippen LogP contribution in [0.3, 0.4) is 0 Å². The lowest BCUT2D eigenvalue weighted by Gasteiger charge is -2.27. The van der Waals surface area contributed by atoms with E-state index in [2.05, 4.69) is 47.8 Å². The Hall–Kier alpha value is -1.96. The normalized spacial score (nSPS) is 17.1. The van der Waals surface area contributed by atoms with Gasteiger partial charge in [0.2, 0.25) is 0 Å². The van der Waals surface area contributed by atoms with Gasteiger partial charge in [-0.2, -0.15) is 0 Å². The van der Waals surface area contributed by atoms with Crippen LogP contribution in [-0.4, -0.2) is 13.2 Å². The lowest BCUT2D eigenvalue weighted by Crippen LogP contribution is -2.25. The number of hydrogen-bond donors (Lipinski definition) is 1. The molecule has 0 radical (unpaired) electrons. The number of rotatable bonds is 4. The minimum Gasteiger partial charge on any atom is -0.497 e. The predicted octanol–water partition coefficient (Wildman–Crippen LogP) is 4.05. The number of para-hydroxylation sites is 1. The molecule has 2 aromatic carbocycles. The third-order valence-corrected chi connectivity index (χ3v) is 4.05. The van der Waals surface area contributed by atoms with E-state index in [-0.39, 0.29) is 0 Å². The monoisotopic (exact) mass is 267 g/mol. The Morgan fingerprint density at radius 3 is 2.95 bits per heavy atom. The number of anilines is 1. The maximum absolute atomic E-state index is 5.28. The van der Waals surface area contributed by atoms with Crippen LogP contribution in [0.5, 0.6) is 5.75 Å². The van der Waals surface area contributed by atoms with Crippen molar-refractivity contribution in [1.82, 2.24) is 0 Å². The first-order valence-electron chi connectivity index (χ1n) is 7.32. The molecule has 0 aliphatic carbocycles. The molecule has 3 rings (SSSR count). The number of benzene rings is 2. The smallest absolute Gasteiger partial charge is 0.119 e. The number of ether oxygens (including phenoxy) is 1. The molecule has 0 saturated carbocycles. The second-order valence-electron chi connectivity index (χ2n) is 5.43. The molecule has 0 saturated heterocycles. The fourth-order valence-electron chi connectivity index (χ4n) is 2.89. The SMILES string of the molecule is COc1cccc(CC[C@@H]2CCc3ccccc3N2)c1. The summed E-state index contributed by atoms with van der Waals surface area (Å²) in [5.74, 6) is 0.949. The van der Waals surface area contributed by atoms with Crippen LogP contribution in [0, 0.1) is 0 Å². The minimum absolute atomic E-state index is 0.580. The Morgan fingerprint density at radius 1 is 1.15 bits per heavy atom. The zero-order valence-electron chi connectivity index (χ0n) is 11.9. The van der Waals surface area contributed by atoms with Crippen LogP contribution in [0.1, 0.15) is 24.0 Å². The second-order valence-corrected chi connectivity index (χ2v) is 5.43. The summed E-state index contributed by atoms with van der Waals surface area (Å²) in [6, 6.07) is 17.6. The molecule has 2 nitrogen and oxygen atoms in total. The maximum atomic E-state index is 5.28. The molecule has 1 atom stereocenters. The summed E-state index contributed by atoms with van der Waals surface area (Å²) in [7, 11) is 1.72. The first-order chi connectivity index (χ1) is 9.85. The van der Waals surface area contributed by atoms with E-state index < -0.39 is 0 Å². The van der Waals surface area contributed by atoms with Crippen LogP contribution in [-0.2, 0) is 12.8 Å². The van der Waals surface area contributed by atoms with Gasteiger partial charge >= 0.3 is 0 Å². The van der Waals surface area contributed by atoms with E-state index in [9.17, 15) is 0 Å². The molecule has 104 valence electrons. The third kappa shape index (κ3) is 2.96. The minimum atomic E-state index is 0.580. The van der Waals surface area contributed by atoms with E-state index in [1.165, 1.54) is 36.1 Å². The summed E-state index contributed by atoms with van der Waals surface area (Å²) >= 11 is 0. The average molecular weight is 267 g/mol. The topological polar surface area (TPSA) is 21.3 Å². The van der Waals surface area contributed by atoms with Gasteiger partial charge < -0.3 is 10.1 Å². The quantitative estimate of drug-likeness (QED) is 0.902. The van der Waals surface area contributed by atoms with Crippen molar-refractivity contribution >= 4 is 5.69 Å². The summed E-state index contributed by atoms with van der Waals surface area (Å²) in [5, 5.41) is 3.66. The molecule has 0 bridgehead atoms. The van der Waals surface area contributed by atoms with Crippen molar-refractivity contribution in [1.29, 1.82) is 0 Å². The number of nitrogens with one attached hydrogen (secondary N) is 1. The van der Waals surface area contributed by atoms with Gasteiger partial charge in [0.1, 0.15) is 5.75 Å². The summed E-state index contributed by atoms with van der Waals surface area (Å²) in [6.07, 6.45) is 4.67. The highest BCUT2D eigenvalue weighted by atomic mass is 16.5. The summed E-state index contributed by atoms with van der Waals surface area (Å²) < 4.78 is 5.28. The van der Waals surface area contributed by atoms with E-state index in [0.717, 1.165) is 12.2 Å². The maximum Gasteiger partial charge on any atom is 0.119 e. The van der Waals surface area contributed by atoms with E-state index >= 15 is 0 Å². The van der Waals surface area contributed by atoms with Gasteiger partial charge in [-0.3, -0.25) is 0 Å². The molecule has 1 aliphatic heterocycles. The summed E-state index contributed by atoms with van der Waals surface area (Å²) in [4.78, 5) is 0. The van der Waals surface area contributed by atoms with Gasteiger partial charge in [-0.1, -0.05) is 30.3 Å². The van der Waals surface area contributed by atoms with Gasteiger partial charge in [0.15, 0.2) is 0 Å². The van der Waals surface area contributed by atoms with Gasteiger partial charge in [-0.05, 0) is 55.0 Å². The Bertz CT molecular complexity index is 579. The Kier molecular flexibility index (Phi) is 3.91. The van der Waals surface area contributed by atoms with Crippen LogP contribution in [0.15, 0.2) is 48.5 Å². The molecule has 0 fully saturated rings. The van der Waals surface area contributed by atoms with Crippen molar-refractivity contribution in [3.8, 4) is 5.75 Å². The van der Waals surface area contributed by atoms with Crippen LogP contribution in [0.4, 0.5) is 5.69 Å².